The van der Waals surface area contributed by atoms with Crippen LogP contribution in [-0.4, -0.2) is 15.3 Å². The van der Waals surface area contributed by atoms with Crippen molar-refractivity contribution in [2.75, 3.05) is 5.32 Å². The molecule has 0 unspecified atom stereocenters. The minimum absolute atomic E-state index is 0.0513. The predicted octanol–water partition coefficient (Wildman–Crippen LogP) is 1.74. The first-order chi connectivity index (χ1) is 8.18. The second-order valence-corrected chi connectivity index (χ2v) is 3.79. The Hall–Kier alpha value is -2.01. The summed E-state index contributed by atoms with van der Waals surface area (Å²) in [6, 6.07) is 6.92. The van der Waals surface area contributed by atoms with Crippen LogP contribution < -0.4 is 10.9 Å². The monoisotopic (exact) mass is 251 g/mol. The number of aromatic hydroxyl groups is 1. The number of benzene rings is 1. The smallest absolute Gasteiger partial charge is 0.285 e. The fraction of sp³-hybridized carbons (Fsp3) is 0.0909. The van der Waals surface area contributed by atoms with E-state index >= 15 is 0 Å². The van der Waals surface area contributed by atoms with Gasteiger partial charge in [0.05, 0.1) is 11.9 Å². The van der Waals surface area contributed by atoms with Crippen LogP contribution >= 0.6 is 11.6 Å². The maximum Gasteiger partial charge on any atom is 0.285 e. The largest absolute Gasteiger partial charge is 0.508 e. The maximum absolute atomic E-state index is 11.2. The van der Waals surface area contributed by atoms with Crippen molar-refractivity contribution in [3.8, 4) is 5.75 Å². The van der Waals surface area contributed by atoms with Gasteiger partial charge in [0.15, 0.2) is 0 Å². The summed E-state index contributed by atoms with van der Waals surface area (Å²) in [7, 11) is 0. The van der Waals surface area contributed by atoms with Gasteiger partial charge in [0.25, 0.3) is 5.56 Å². The fourth-order valence-electron chi connectivity index (χ4n) is 1.36. The minimum atomic E-state index is -0.450. The number of hydrogen-bond donors (Lipinski definition) is 3. The molecule has 0 aliphatic heterocycles. The number of phenols is 1. The van der Waals surface area contributed by atoms with E-state index in [4.69, 9.17) is 11.6 Å². The Labute approximate surface area is 102 Å². The van der Waals surface area contributed by atoms with E-state index in [1.54, 1.807) is 18.2 Å². The summed E-state index contributed by atoms with van der Waals surface area (Å²) in [5.41, 5.74) is 0.691. The van der Waals surface area contributed by atoms with Crippen molar-refractivity contribution in [3.05, 3.63) is 51.4 Å². The molecule has 0 fully saturated rings. The van der Waals surface area contributed by atoms with Crippen LogP contribution in [0.25, 0.3) is 0 Å². The van der Waals surface area contributed by atoms with Crippen molar-refractivity contribution in [1.82, 2.24) is 10.2 Å². The number of hydrogen-bond acceptors (Lipinski definition) is 4. The molecule has 3 N–H and O–H groups in total. The van der Waals surface area contributed by atoms with E-state index in [1.807, 2.05) is 6.07 Å². The molecule has 5 nitrogen and oxygen atoms in total. The quantitative estimate of drug-likeness (QED) is 0.777. The van der Waals surface area contributed by atoms with Crippen LogP contribution in [0.2, 0.25) is 5.02 Å². The molecule has 0 amide bonds. The number of phenolic OH excluding ortho intramolecular Hbond substituents is 1. The number of para-hydroxylation sites is 1. The summed E-state index contributed by atoms with van der Waals surface area (Å²) in [5, 5.41) is 18.4. The Morgan fingerprint density at radius 3 is 2.94 bits per heavy atom. The van der Waals surface area contributed by atoms with Gasteiger partial charge in [-0.15, -0.1) is 0 Å². The highest BCUT2D eigenvalue weighted by Gasteiger charge is 2.05. The second-order valence-electron chi connectivity index (χ2n) is 3.41. The SMILES string of the molecule is O=c1[nH]ncc(NCc2ccccc2O)c1Cl. The molecule has 0 bridgehead atoms. The Balaban J connectivity index is 2.16. The Morgan fingerprint density at radius 2 is 2.18 bits per heavy atom. The molecule has 0 spiro atoms. The molecule has 0 aliphatic carbocycles. The van der Waals surface area contributed by atoms with Crippen molar-refractivity contribution in [2.45, 2.75) is 6.54 Å². The van der Waals surface area contributed by atoms with E-state index in [1.165, 1.54) is 6.20 Å². The molecular weight excluding hydrogens is 242 g/mol. The molecule has 1 heterocycles. The number of aromatic amines is 1. The molecular formula is C11H10ClN3O2. The van der Waals surface area contributed by atoms with Crippen molar-refractivity contribution < 1.29 is 5.11 Å². The van der Waals surface area contributed by atoms with E-state index < -0.39 is 5.56 Å². The van der Waals surface area contributed by atoms with Crippen LogP contribution in [0.4, 0.5) is 5.69 Å². The molecule has 0 aliphatic rings. The number of H-pyrrole nitrogens is 1. The molecule has 0 saturated carbocycles. The van der Waals surface area contributed by atoms with E-state index in [2.05, 4.69) is 15.5 Å². The van der Waals surface area contributed by atoms with Crippen LogP contribution in [0, 0.1) is 0 Å². The molecule has 1 aromatic heterocycles. The summed E-state index contributed by atoms with van der Waals surface area (Å²) >= 11 is 5.79. The predicted molar refractivity (Wildman–Crippen MR) is 65.3 cm³/mol. The zero-order chi connectivity index (χ0) is 12.3. The van der Waals surface area contributed by atoms with Crippen LogP contribution in [-0.2, 0) is 6.54 Å². The molecule has 0 saturated heterocycles. The van der Waals surface area contributed by atoms with Gasteiger partial charge in [-0.3, -0.25) is 4.79 Å². The van der Waals surface area contributed by atoms with Gasteiger partial charge < -0.3 is 10.4 Å². The number of nitrogens with one attached hydrogen (secondary N) is 2. The third-order valence-electron chi connectivity index (χ3n) is 2.26. The van der Waals surface area contributed by atoms with Crippen molar-refractivity contribution in [1.29, 1.82) is 0 Å². The van der Waals surface area contributed by atoms with E-state index in [9.17, 15) is 9.90 Å². The van der Waals surface area contributed by atoms with Gasteiger partial charge in [-0.2, -0.15) is 5.10 Å². The van der Waals surface area contributed by atoms with Crippen molar-refractivity contribution in [2.24, 2.45) is 0 Å². The van der Waals surface area contributed by atoms with Gasteiger partial charge >= 0.3 is 0 Å². The topological polar surface area (TPSA) is 78.0 Å². The summed E-state index contributed by atoms with van der Waals surface area (Å²) in [6.07, 6.45) is 1.42. The lowest BCUT2D eigenvalue weighted by Gasteiger charge is -2.08. The van der Waals surface area contributed by atoms with Crippen LogP contribution in [0.1, 0.15) is 5.56 Å². The van der Waals surface area contributed by atoms with Gasteiger partial charge in [-0.25, -0.2) is 5.10 Å². The molecule has 2 aromatic rings. The lowest BCUT2D eigenvalue weighted by Crippen LogP contribution is -2.11. The fourth-order valence-corrected chi connectivity index (χ4v) is 1.52. The molecule has 1 aromatic carbocycles. The summed E-state index contributed by atoms with van der Waals surface area (Å²) in [5.74, 6) is 0.189. The van der Waals surface area contributed by atoms with E-state index in [0.717, 1.165) is 0 Å². The van der Waals surface area contributed by atoms with Crippen LogP contribution in [0.15, 0.2) is 35.3 Å². The average Bonchev–Trinajstić information content (AvgIpc) is 2.33. The molecule has 17 heavy (non-hydrogen) atoms. The van der Waals surface area contributed by atoms with Gasteiger partial charge in [-0.1, -0.05) is 29.8 Å². The highest BCUT2D eigenvalue weighted by Crippen LogP contribution is 2.19. The summed E-state index contributed by atoms with van der Waals surface area (Å²) in [4.78, 5) is 11.2. The first-order valence-electron chi connectivity index (χ1n) is 4.92. The molecule has 6 heteroatoms. The minimum Gasteiger partial charge on any atom is -0.508 e. The normalized spacial score (nSPS) is 10.2. The summed E-state index contributed by atoms with van der Waals surface area (Å²) in [6.45, 7) is 0.359. The third-order valence-corrected chi connectivity index (χ3v) is 2.63. The first-order valence-corrected chi connectivity index (χ1v) is 5.30. The van der Waals surface area contributed by atoms with Crippen LogP contribution in [0.3, 0.4) is 0 Å². The Bertz CT molecular complexity index is 583. The highest BCUT2D eigenvalue weighted by molar-refractivity contribution is 6.32. The van der Waals surface area contributed by atoms with Gasteiger partial charge in [0.2, 0.25) is 0 Å². The van der Waals surface area contributed by atoms with Crippen LogP contribution in [0.5, 0.6) is 5.75 Å². The van der Waals surface area contributed by atoms with Crippen molar-refractivity contribution >= 4 is 17.3 Å². The number of nitrogens with zero attached hydrogens (tertiary/aromatic N) is 1. The lowest BCUT2D eigenvalue weighted by molar-refractivity contribution is 0.469. The molecule has 88 valence electrons. The first kappa shape index (κ1) is 11.5. The van der Waals surface area contributed by atoms with Gasteiger partial charge in [0, 0.05) is 12.1 Å². The van der Waals surface area contributed by atoms with E-state index in [-0.39, 0.29) is 10.8 Å². The van der Waals surface area contributed by atoms with Gasteiger partial charge in [-0.05, 0) is 6.07 Å². The number of anilines is 1. The maximum atomic E-state index is 11.2. The molecule has 0 atom stereocenters. The number of halogens is 1. The van der Waals surface area contributed by atoms with Gasteiger partial charge in [0.1, 0.15) is 10.8 Å². The zero-order valence-electron chi connectivity index (χ0n) is 8.77. The average molecular weight is 252 g/mol. The van der Waals surface area contributed by atoms with Crippen molar-refractivity contribution in [3.63, 3.8) is 0 Å². The lowest BCUT2D eigenvalue weighted by atomic mass is 10.2. The third kappa shape index (κ3) is 2.57. The summed E-state index contributed by atoms with van der Waals surface area (Å²) < 4.78 is 0. The number of aromatic nitrogens is 2. The Kier molecular flexibility index (Phi) is 3.30. The standard InChI is InChI=1S/C11H10ClN3O2/c12-10-8(6-14-15-11(10)17)13-5-7-3-1-2-4-9(7)16/h1-4,6,16H,5H2,(H2,13,15,17). The molecule has 0 radical (unpaired) electrons. The number of rotatable bonds is 3. The Morgan fingerprint density at radius 1 is 1.41 bits per heavy atom. The zero-order valence-corrected chi connectivity index (χ0v) is 9.53. The van der Waals surface area contributed by atoms with E-state index in [0.29, 0.717) is 17.8 Å². The highest BCUT2D eigenvalue weighted by atomic mass is 35.5. The second kappa shape index (κ2) is 4.88. The molecule has 2 rings (SSSR count).